The van der Waals surface area contributed by atoms with Crippen molar-refractivity contribution in [2.24, 2.45) is 5.73 Å². The summed E-state index contributed by atoms with van der Waals surface area (Å²) in [6.07, 6.45) is 0.826. The maximum atomic E-state index is 13.3. The summed E-state index contributed by atoms with van der Waals surface area (Å²) < 4.78 is 19.7. The van der Waals surface area contributed by atoms with Gasteiger partial charge in [-0.15, -0.1) is 0 Å². The minimum Gasteiger partial charge on any atom is -0.457 e. The fourth-order valence-electron chi connectivity index (χ4n) is 2.04. The van der Waals surface area contributed by atoms with Crippen molar-refractivity contribution in [3.05, 3.63) is 57.8 Å². The molecule has 4 heteroatoms. The first-order chi connectivity index (χ1) is 9.44. The van der Waals surface area contributed by atoms with Crippen LogP contribution in [0.25, 0.3) is 0 Å². The highest BCUT2D eigenvalue weighted by Crippen LogP contribution is 2.28. The number of halogens is 2. The summed E-state index contributed by atoms with van der Waals surface area (Å²) in [6, 6.07) is 10.5. The highest BCUT2D eigenvalue weighted by molar-refractivity contribution is 9.10. The zero-order valence-corrected chi connectivity index (χ0v) is 13.1. The standard InChI is InChI=1S/C16H17BrFNO/c1-10-5-12(6-11(2)19)3-4-16(10)20-15-8-13(17)7-14(18)9-15/h3-5,7-9,11H,6,19H2,1-2H3. The molecule has 0 aliphatic heterocycles. The Hall–Kier alpha value is -1.39. The van der Waals surface area contributed by atoms with E-state index in [4.69, 9.17) is 10.5 Å². The van der Waals surface area contributed by atoms with Gasteiger partial charge in [-0.05, 0) is 49.6 Å². The van der Waals surface area contributed by atoms with Gasteiger partial charge in [0.15, 0.2) is 0 Å². The predicted molar refractivity (Wildman–Crippen MR) is 82.7 cm³/mol. The molecule has 0 aliphatic rings. The van der Waals surface area contributed by atoms with E-state index in [9.17, 15) is 4.39 Å². The third kappa shape index (κ3) is 4.05. The Balaban J connectivity index is 2.21. The Kier molecular flexibility index (Phi) is 4.78. The van der Waals surface area contributed by atoms with Crippen LogP contribution in [-0.2, 0) is 6.42 Å². The summed E-state index contributed by atoms with van der Waals surface area (Å²) >= 11 is 3.25. The van der Waals surface area contributed by atoms with E-state index >= 15 is 0 Å². The molecule has 106 valence electrons. The van der Waals surface area contributed by atoms with Gasteiger partial charge in [0, 0.05) is 16.6 Å². The smallest absolute Gasteiger partial charge is 0.131 e. The normalized spacial score (nSPS) is 12.2. The van der Waals surface area contributed by atoms with Crippen LogP contribution >= 0.6 is 15.9 Å². The molecule has 0 aromatic heterocycles. The van der Waals surface area contributed by atoms with Gasteiger partial charge in [0.1, 0.15) is 17.3 Å². The molecule has 0 saturated heterocycles. The van der Waals surface area contributed by atoms with Crippen LogP contribution in [0, 0.1) is 12.7 Å². The number of rotatable bonds is 4. The number of hydrogen-bond acceptors (Lipinski definition) is 2. The fraction of sp³-hybridized carbons (Fsp3) is 0.250. The molecule has 2 rings (SSSR count). The molecule has 0 bridgehead atoms. The van der Waals surface area contributed by atoms with Crippen LogP contribution in [0.4, 0.5) is 4.39 Å². The van der Waals surface area contributed by atoms with Crippen molar-refractivity contribution in [1.29, 1.82) is 0 Å². The van der Waals surface area contributed by atoms with Gasteiger partial charge in [0.25, 0.3) is 0 Å². The number of benzene rings is 2. The van der Waals surface area contributed by atoms with Crippen molar-refractivity contribution in [3.63, 3.8) is 0 Å². The minimum absolute atomic E-state index is 0.125. The topological polar surface area (TPSA) is 35.2 Å². The van der Waals surface area contributed by atoms with Gasteiger partial charge in [-0.25, -0.2) is 4.39 Å². The van der Waals surface area contributed by atoms with Gasteiger partial charge in [0.05, 0.1) is 0 Å². The summed E-state index contributed by atoms with van der Waals surface area (Å²) in [7, 11) is 0. The average molecular weight is 338 g/mol. The Bertz CT molecular complexity index is 593. The number of hydrogen-bond donors (Lipinski definition) is 1. The van der Waals surface area contributed by atoms with Gasteiger partial charge in [-0.3, -0.25) is 0 Å². The Morgan fingerprint density at radius 2 is 2.00 bits per heavy atom. The van der Waals surface area contributed by atoms with Crippen LogP contribution in [0.1, 0.15) is 18.1 Å². The molecule has 0 heterocycles. The summed E-state index contributed by atoms with van der Waals surface area (Å²) in [4.78, 5) is 0. The SMILES string of the molecule is Cc1cc(CC(C)N)ccc1Oc1cc(F)cc(Br)c1. The van der Waals surface area contributed by atoms with E-state index in [1.807, 2.05) is 32.0 Å². The van der Waals surface area contributed by atoms with Crippen molar-refractivity contribution in [2.45, 2.75) is 26.3 Å². The van der Waals surface area contributed by atoms with Gasteiger partial charge < -0.3 is 10.5 Å². The molecular weight excluding hydrogens is 321 g/mol. The number of aryl methyl sites for hydroxylation is 1. The van der Waals surface area contributed by atoms with E-state index in [0.29, 0.717) is 10.2 Å². The molecule has 1 atom stereocenters. The van der Waals surface area contributed by atoms with Gasteiger partial charge in [-0.2, -0.15) is 0 Å². The molecule has 2 aromatic carbocycles. The summed E-state index contributed by atoms with van der Waals surface area (Å²) in [5.41, 5.74) is 7.97. The molecule has 0 saturated carbocycles. The second kappa shape index (κ2) is 6.37. The molecule has 2 nitrogen and oxygen atoms in total. The molecule has 0 fully saturated rings. The monoisotopic (exact) mass is 337 g/mol. The zero-order valence-electron chi connectivity index (χ0n) is 11.5. The lowest BCUT2D eigenvalue weighted by molar-refractivity contribution is 0.472. The highest BCUT2D eigenvalue weighted by Gasteiger charge is 2.06. The van der Waals surface area contributed by atoms with Crippen molar-refractivity contribution in [1.82, 2.24) is 0 Å². The Morgan fingerprint density at radius 1 is 1.25 bits per heavy atom. The van der Waals surface area contributed by atoms with Crippen LogP contribution < -0.4 is 10.5 Å². The molecule has 20 heavy (non-hydrogen) atoms. The second-order valence-electron chi connectivity index (χ2n) is 4.99. The lowest BCUT2D eigenvalue weighted by Crippen LogP contribution is -2.17. The molecule has 1 unspecified atom stereocenters. The molecule has 0 aliphatic carbocycles. The van der Waals surface area contributed by atoms with Crippen LogP contribution in [0.2, 0.25) is 0 Å². The van der Waals surface area contributed by atoms with E-state index in [1.165, 1.54) is 17.7 Å². The van der Waals surface area contributed by atoms with Crippen molar-refractivity contribution in [3.8, 4) is 11.5 Å². The average Bonchev–Trinajstić information content (AvgIpc) is 2.30. The molecule has 0 radical (unpaired) electrons. The molecule has 2 aromatic rings. The predicted octanol–water partition coefficient (Wildman–Crippen LogP) is 4.58. The van der Waals surface area contributed by atoms with E-state index < -0.39 is 0 Å². The van der Waals surface area contributed by atoms with Crippen LogP contribution in [0.5, 0.6) is 11.5 Å². The molecule has 2 N–H and O–H groups in total. The van der Waals surface area contributed by atoms with E-state index in [-0.39, 0.29) is 11.9 Å². The second-order valence-corrected chi connectivity index (χ2v) is 5.90. The fourth-order valence-corrected chi connectivity index (χ4v) is 2.48. The van der Waals surface area contributed by atoms with Crippen LogP contribution in [0.15, 0.2) is 40.9 Å². The third-order valence-electron chi connectivity index (χ3n) is 2.86. The first-order valence-electron chi connectivity index (χ1n) is 6.43. The van der Waals surface area contributed by atoms with Gasteiger partial charge in [0.2, 0.25) is 0 Å². The van der Waals surface area contributed by atoms with Crippen molar-refractivity contribution < 1.29 is 9.13 Å². The van der Waals surface area contributed by atoms with E-state index in [0.717, 1.165) is 17.7 Å². The zero-order chi connectivity index (χ0) is 14.7. The molecular formula is C16H17BrFNO. The van der Waals surface area contributed by atoms with Crippen molar-refractivity contribution >= 4 is 15.9 Å². The minimum atomic E-state index is -0.333. The van der Waals surface area contributed by atoms with Crippen molar-refractivity contribution in [2.75, 3.05) is 0 Å². The van der Waals surface area contributed by atoms with Gasteiger partial charge in [-0.1, -0.05) is 28.1 Å². The van der Waals surface area contributed by atoms with E-state index in [2.05, 4.69) is 15.9 Å². The maximum absolute atomic E-state index is 13.3. The van der Waals surface area contributed by atoms with Crippen LogP contribution in [0.3, 0.4) is 0 Å². The number of nitrogens with two attached hydrogens (primary N) is 1. The highest BCUT2D eigenvalue weighted by atomic mass is 79.9. The quantitative estimate of drug-likeness (QED) is 0.886. The third-order valence-corrected chi connectivity index (χ3v) is 3.32. The van der Waals surface area contributed by atoms with Crippen LogP contribution in [-0.4, -0.2) is 6.04 Å². The lowest BCUT2D eigenvalue weighted by Gasteiger charge is -2.12. The van der Waals surface area contributed by atoms with E-state index in [1.54, 1.807) is 6.07 Å². The largest absolute Gasteiger partial charge is 0.457 e. The maximum Gasteiger partial charge on any atom is 0.131 e. The molecule has 0 spiro atoms. The summed E-state index contributed by atoms with van der Waals surface area (Å²) in [6.45, 7) is 3.94. The summed E-state index contributed by atoms with van der Waals surface area (Å²) in [5, 5.41) is 0. The number of ether oxygens (including phenoxy) is 1. The Labute approximate surface area is 126 Å². The molecule has 0 amide bonds. The Morgan fingerprint density at radius 3 is 2.60 bits per heavy atom. The first-order valence-corrected chi connectivity index (χ1v) is 7.22. The van der Waals surface area contributed by atoms with Gasteiger partial charge >= 0.3 is 0 Å². The first kappa shape index (κ1) is 15.0. The lowest BCUT2D eigenvalue weighted by atomic mass is 10.0. The summed E-state index contributed by atoms with van der Waals surface area (Å²) in [5.74, 6) is 0.858.